The Morgan fingerprint density at radius 3 is 2.76 bits per heavy atom. The van der Waals surface area contributed by atoms with Gasteiger partial charge in [0.05, 0.1) is 17.4 Å². The van der Waals surface area contributed by atoms with Crippen molar-refractivity contribution in [2.45, 2.75) is 13.3 Å². The molecule has 1 aromatic carbocycles. The second kappa shape index (κ2) is 6.99. The predicted octanol–water partition coefficient (Wildman–Crippen LogP) is 3.34. The first-order valence-corrected chi connectivity index (χ1v) is 6.80. The van der Waals surface area contributed by atoms with Gasteiger partial charge in [0.1, 0.15) is 17.3 Å². The van der Waals surface area contributed by atoms with Crippen LogP contribution in [-0.4, -0.2) is 22.4 Å². The minimum Gasteiger partial charge on any atom is -0.369 e. The smallest absolute Gasteiger partial charge is 0.275 e. The van der Waals surface area contributed by atoms with Crippen molar-refractivity contribution in [1.29, 1.82) is 0 Å². The molecule has 2 rings (SSSR count). The number of hydrogen-bond donors (Lipinski definition) is 2. The predicted molar refractivity (Wildman–Crippen MR) is 80.2 cm³/mol. The Kier molecular flexibility index (Phi) is 5.05. The largest absolute Gasteiger partial charge is 0.369 e. The van der Waals surface area contributed by atoms with Gasteiger partial charge in [0.15, 0.2) is 0 Å². The Labute approximate surface area is 126 Å². The molecule has 1 amide bonds. The molecule has 0 saturated heterocycles. The number of nitrogens with zero attached hydrogens (tertiary/aromatic N) is 2. The number of aromatic nitrogens is 2. The number of rotatable bonds is 5. The molecule has 0 atom stereocenters. The lowest BCUT2D eigenvalue weighted by atomic mass is 10.3. The lowest BCUT2D eigenvalue weighted by Crippen LogP contribution is -2.14. The number of carbonyl (C=O) groups is 1. The summed E-state index contributed by atoms with van der Waals surface area (Å²) in [6.45, 7) is 2.82. The highest BCUT2D eigenvalue weighted by atomic mass is 35.5. The first-order chi connectivity index (χ1) is 10.1. The number of carbonyl (C=O) groups excluding carboxylic acids is 1. The van der Waals surface area contributed by atoms with Crippen molar-refractivity contribution in [1.82, 2.24) is 9.97 Å². The van der Waals surface area contributed by atoms with Crippen LogP contribution < -0.4 is 10.6 Å². The molecule has 0 aliphatic carbocycles. The maximum atomic E-state index is 13.3. The van der Waals surface area contributed by atoms with Gasteiger partial charge in [0.25, 0.3) is 5.91 Å². The fourth-order valence-corrected chi connectivity index (χ4v) is 1.68. The van der Waals surface area contributed by atoms with Gasteiger partial charge in [-0.2, -0.15) is 0 Å². The van der Waals surface area contributed by atoms with Crippen LogP contribution in [0.5, 0.6) is 0 Å². The molecule has 21 heavy (non-hydrogen) atoms. The molecule has 0 radical (unpaired) electrons. The summed E-state index contributed by atoms with van der Waals surface area (Å²) in [6.07, 6.45) is 3.80. The summed E-state index contributed by atoms with van der Waals surface area (Å²) in [7, 11) is 0. The lowest BCUT2D eigenvalue weighted by molar-refractivity contribution is 0.102. The van der Waals surface area contributed by atoms with Crippen LogP contribution in [0.1, 0.15) is 23.8 Å². The van der Waals surface area contributed by atoms with E-state index in [0.29, 0.717) is 11.5 Å². The molecule has 0 aliphatic rings. The van der Waals surface area contributed by atoms with Crippen LogP contribution >= 0.6 is 11.6 Å². The molecule has 5 nitrogen and oxygen atoms in total. The molecular weight excluding hydrogens is 295 g/mol. The van der Waals surface area contributed by atoms with Gasteiger partial charge in [-0.3, -0.25) is 4.79 Å². The topological polar surface area (TPSA) is 66.9 Å². The highest BCUT2D eigenvalue weighted by Gasteiger charge is 2.09. The molecule has 0 aliphatic heterocycles. The Bertz CT molecular complexity index is 633. The molecule has 1 aromatic heterocycles. The van der Waals surface area contributed by atoms with Gasteiger partial charge in [-0.05, 0) is 24.6 Å². The van der Waals surface area contributed by atoms with E-state index in [0.717, 1.165) is 19.0 Å². The van der Waals surface area contributed by atoms with E-state index in [1.54, 1.807) is 0 Å². The number of nitrogens with one attached hydrogen (secondary N) is 2. The first-order valence-electron chi connectivity index (χ1n) is 6.42. The van der Waals surface area contributed by atoms with Crippen LogP contribution in [0.2, 0.25) is 5.02 Å². The van der Waals surface area contributed by atoms with E-state index in [1.165, 1.54) is 24.5 Å². The average Bonchev–Trinajstić information content (AvgIpc) is 2.49. The van der Waals surface area contributed by atoms with Crippen molar-refractivity contribution in [2.75, 3.05) is 17.2 Å². The van der Waals surface area contributed by atoms with Crippen molar-refractivity contribution >= 4 is 29.0 Å². The monoisotopic (exact) mass is 308 g/mol. The van der Waals surface area contributed by atoms with Gasteiger partial charge in [0, 0.05) is 12.2 Å². The standard InChI is InChI=1S/C14H14ClFN4O/c1-2-5-17-13-8-18-12(7-19-13)14(21)20-9-3-4-10(15)11(16)6-9/h3-4,6-8H,2,5H2,1H3,(H,17,19)(H,20,21). The zero-order chi connectivity index (χ0) is 15.2. The summed E-state index contributed by atoms with van der Waals surface area (Å²) >= 11 is 5.58. The second-order valence-corrected chi connectivity index (χ2v) is 4.70. The molecule has 7 heteroatoms. The summed E-state index contributed by atoms with van der Waals surface area (Å²) in [5, 5.41) is 5.58. The zero-order valence-electron chi connectivity index (χ0n) is 11.4. The van der Waals surface area contributed by atoms with E-state index >= 15 is 0 Å². The molecular formula is C14H14ClFN4O. The molecule has 0 unspecified atom stereocenters. The van der Waals surface area contributed by atoms with E-state index in [9.17, 15) is 9.18 Å². The summed E-state index contributed by atoms with van der Waals surface area (Å²) in [4.78, 5) is 20.0. The third-order valence-electron chi connectivity index (χ3n) is 2.62. The van der Waals surface area contributed by atoms with Crippen LogP contribution in [0, 0.1) is 5.82 Å². The Morgan fingerprint density at radius 2 is 2.14 bits per heavy atom. The van der Waals surface area contributed by atoms with Crippen molar-refractivity contribution in [2.24, 2.45) is 0 Å². The van der Waals surface area contributed by atoms with Crippen molar-refractivity contribution in [3.05, 3.63) is 47.1 Å². The number of benzene rings is 1. The summed E-state index contributed by atoms with van der Waals surface area (Å²) < 4.78 is 13.3. The van der Waals surface area contributed by atoms with E-state index < -0.39 is 11.7 Å². The fourth-order valence-electron chi connectivity index (χ4n) is 1.56. The molecule has 110 valence electrons. The number of anilines is 2. The molecule has 0 bridgehead atoms. The normalized spacial score (nSPS) is 10.2. The first kappa shape index (κ1) is 15.2. The van der Waals surface area contributed by atoms with Crippen LogP contribution in [-0.2, 0) is 0 Å². The van der Waals surface area contributed by atoms with E-state index in [1.807, 2.05) is 6.92 Å². The second-order valence-electron chi connectivity index (χ2n) is 4.30. The third kappa shape index (κ3) is 4.13. The Balaban J connectivity index is 2.04. The highest BCUT2D eigenvalue weighted by molar-refractivity contribution is 6.30. The van der Waals surface area contributed by atoms with Gasteiger partial charge >= 0.3 is 0 Å². The fraction of sp³-hybridized carbons (Fsp3) is 0.214. The lowest BCUT2D eigenvalue weighted by Gasteiger charge is -2.06. The quantitative estimate of drug-likeness (QED) is 0.889. The van der Waals surface area contributed by atoms with Gasteiger partial charge < -0.3 is 10.6 Å². The maximum absolute atomic E-state index is 13.3. The van der Waals surface area contributed by atoms with Crippen LogP contribution in [0.4, 0.5) is 15.9 Å². The molecule has 0 spiro atoms. The minimum absolute atomic E-state index is 0.000794. The van der Waals surface area contributed by atoms with Gasteiger partial charge in [-0.15, -0.1) is 0 Å². The zero-order valence-corrected chi connectivity index (χ0v) is 12.1. The summed E-state index contributed by atoms with van der Waals surface area (Å²) in [5.41, 5.74) is 0.448. The summed E-state index contributed by atoms with van der Waals surface area (Å²) in [6, 6.07) is 4.02. The molecule has 0 fully saturated rings. The Hall–Kier alpha value is -2.21. The van der Waals surface area contributed by atoms with E-state index in [-0.39, 0.29) is 10.7 Å². The van der Waals surface area contributed by atoms with E-state index in [4.69, 9.17) is 11.6 Å². The minimum atomic E-state index is -0.598. The molecule has 2 N–H and O–H groups in total. The SMILES string of the molecule is CCCNc1cnc(C(=O)Nc2ccc(Cl)c(F)c2)cn1. The molecule has 1 heterocycles. The van der Waals surface area contributed by atoms with Gasteiger partial charge in [0.2, 0.25) is 0 Å². The average molecular weight is 309 g/mol. The maximum Gasteiger partial charge on any atom is 0.275 e. The third-order valence-corrected chi connectivity index (χ3v) is 2.92. The van der Waals surface area contributed by atoms with Crippen LogP contribution in [0.3, 0.4) is 0 Å². The van der Waals surface area contributed by atoms with Crippen molar-refractivity contribution in [3.63, 3.8) is 0 Å². The molecule has 0 saturated carbocycles. The summed E-state index contributed by atoms with van der Waals surface area (Å²) in [5.74, 6) is -0.461. The number of amides is 1. The van der Waals surface area contributed by atoms with Gasteiger partial charge in [-0.1, -0.05) is 18.5 Å². The van der Waals surface area contributed by atoms with Crippen LogP contribution in [0.15, 0.2) is 30.6 Å². The van der Waals surface area contributed by atoms with Crippen LogP contribution in [0.25, 0.3) is 0 Å². The molecule has 2 aromatic rings. The van der Waals surface area contributed by atoms with E-state index in [2.05, 4.69) is 20.6 Å². The number of halogens is 2. The van der Waals surface area contributed by atoms with Crippen molar-refractivity contribution in [3.8, 4) is 0 Å². The van der Waals surface area contributed by atoms with Gasteiger partial charge in [-0.25, -0.2) is 14.4 Å². The van der Waals surface area contributed by atoms with Crippen molar-refractivity contribution < 1.29 is 9.18 Å². The number of hydrogen-bond acceptors (Lipinski definition) is 4. The highest BCUT2D eigenvalue weighted by Crippen LogP contribution is 2.19. The Morgan fingerprint density at radius 1 is 1.33 bits per heavy atom.